The lowest BCUT2D eigenvalue weighted by Crippen LogP contribution is -1.98. The molecule has 0 fully saturated rings. The van der Waals surface area contributed by atoms with Gasteiger partial charge >= 0.3 is 0 Å². The maximum atomic E-state index is 12.8. The molecular formula is C13H10FOP. The third-order valence-corrected chi connectivity index (χ3v) is 2.99. The van der Waals surface area contributed by atoms with Gasteiger partial charge < -0.3 is 0 Å². The number of hydrogen-bond donors (Lipinski definition) is 0. The van der Waals surface area contributed by atoms with Crippen molar-refractivity contribution in [2.45, 2.75) is 6.92 Å². The van der Waals surface area contributed by atoms with Crippen LogP contribution in [0.5, 0.6) is 0 Å². The van der Waals surface area contributed by atoms with Crippen LogP contribution < -0.4 is 5.30 Å². The molecule has 0 atom stereocenters. The second-order valence-corrected chi connectivity index (χ2v) is 4.28. The zero-order valence-electron chi connectivity index (χ0n) is 8.77. The fourth-order valence-electron chi connectivity index (χ4n) is 1.59. The monoisotopic (exact) mass is 232 g/mol. The molecule has 0 amide bonds. The summed E-state index contributed by atoms with van der Waals surface area (Å²) in [7, 11) is -0.0182. The van der Waals surface area contributed by atoms with E-state index in [2.05, 4.69) is 0 Å². The quantitative estimate of drug-likeness (QED) is 0.721. The van der Waals surface area contributed by atoms with Gasteiger partial charge in [-0.1, -0.05) is 29.8 Å². The Morgan fingerprint density at radius 3 is 2.38 bits per heavy atom. The van der Waals surface area contributed by atoms with E-state index in [1.807, 2.05) is 25.1 Å². The molecule has 0 saturated heterocycles. The summed E-state index contributed by atoms with van der Waals surface area (Å²) in [6.07, 6.45) is 0. The molecule has 0 aliphatic heterocycles. The Kier molecular flexibility index (Phi) is 3.12. The lowest BCUT2D eigenvalue weighted by molar-refractivity contribution is 0.603. The highest BCUT2D eigenvalue weighted by molar-refractivity contribution is 7.34. The minimum Gasteiger partial charge on any atom is -0.269 e. The number of aryl methyl sites for hydroxylation is 1. The molecule has 0 radical (unpaired) electrons. The molecule has 3 heteroatoms. The molecule has 0 aromatic heterocycles. The summed E-state index contributed by atoms with van der Waals surface area (Å²) in [4.78, 5) is 0. The first-order chi connectivity index (χ1) is 7.70. The molecule has 0 saturated carbocycles. The fraction of sp³-hybridized carbons (Fsp3) is 0.0769. The van der Waals surface area contributed by atoms with Gasteiger partial charge in [-0.3, -0.25) is 4.57 Å². The third kappa shape index (κ3) is 2.17. The van der Waals surface area contributed by atoms with Crippen molar-refractivity contribution in [3.63, 3.8) is 0 Å². The van der Waals surface area contributed by atoms with Gasteiger partial charge in [0.2, 0.25) is 0 Å². The van der Waals surface area contributed by atoms with E-state index in [-0.39, 0.29) is 14.3 Å². The molecule has 0 aliphatic carbocycles. The average molecular weight is 232 g/mol. The second-order valence-electron chi connectivity index (χ2n) is 3.62. The lowest BCUT2D eigenvalue weighted by atomic mass is 10.0. The minimum atomic E-state index is -0.266. The fourth-order valence-corrected chi connectivity index (χ4v) is 2.02. The predicted octanol–water partition coefficient (Wildman–Crippen LogP) is 3.72. The van der Waals surface area contributed by atoms with E-state index in [9.17, 15) is 8.96 Å². The maximum Gasteiger partial charge on any atom is 0.192 e. The Hall–Kier alpha value is -1.53. The summed E-state index contributed by atoms with van der Waals surface area (Å²) in [6.45, 7) is 1.97. The Labute approximate surface area is 95.1 Å². The summed E-state index contributed by atoms with van der Waals surface area (Å²) in [5.41, 5.74) is 2.85. The van der Waals surface area contributed by atoms with Crippen LogP contribution in [0.4, 0.5) is 4.39 Å². The minimum absolute atomic E-state index is 0.0182. The van der Waals surface area contributed by atoms with Crippen LogP contribution in [0, 0.1) is 12.7 Å². The molecule has 1 nitrogen and oxygen atoms in total. The first-order valence-electron chi connectivity index (χ1n) is 4.90. The Balaban J connectivity index is 2.57. The Morgan fingerprint density at radius 1 is 1.06 bits per heavy atom. The zero-order valence-corrected chi connectivity index (χ0v) is 9.67. The standard InChI is InChI=1S/C13H10FOP/c1-9-2-7-13(16-15)12(8-9)10-3-5-11(14)6-4-10/h2-8H,1H3. The van der Waals surface area contributed by atoms with E-state index in [0.29, 0.717) is 0 Å². The van der Waals surface area contributed by atoms with Crippen molar-refractivity contribution < 1.29 is 8.96 Å². The SMILES string of the molecule is Cc1ccc(P=O)c(-c2ccc(F)cc2)c1. The molecule has 80 valence electrons. The molecule has 0 spiro atoms. The van der Waals surface area contributed by atoms with Gasteiger partial charge in [-0.2, -0.15) is 0 Å². The van der Waals surface area contributed by atoms with Crippen LogP contribution in [0.3, 0.4) is 0 Å². The summed E-state index contributed by atoms with van der Waals surface area (Å²) < 4.78 is 23.8. The van der Waals surface area contributed by atoms with E-state index in [1.165, 1.54) is 12.1 Å². The van der Waals surface area contributed by atoms with Crippen molar-refractivity contribution in [2.75, 3.05) is 0 Å². The van der Waals surface area contributed by atoms with Gasteiger partial charge in [0.15, 0.2) is 8.46 Å². The highest BCUT2D eigenvalue weighted by atomic mass is 31.1. The molecule has 0 N–H and O–H groups in total. The van der Waals surface area contributed by atoms with Crippen LogP contribution in [0.15, 0.2) is 42.5 Å². The Bertz CT molecular complexity index is 520. The van der Waals surface area contributed by atoms with Crippen molar-refractivity contribution in [2.24, 2.45) is 0 Å². The van der Waals surface area contributed by atoms with Crippen molar-refractivity contribution in [3.05, 3.63) is 53.8 Å². The van der Waals surface area contributed by atoms with Crippen molar-refractivity contribution in [1.82, 2.24) is 0 Å². The molecule has 0 bridgehead atoms. The van der Waals surface area contributed by atoms with Gasteiger partial charge in [-0.25, -0.2) is 4.39 Å². The number of benzene rings is 2. The summed E-state index contributed by atoms with van der Waals surface area (Å²) in [5, 5.41) is 0.720. The molecular weight excluding hydrogens is 222 g/mol. The first-order valence-corrected chi connectivity index (χ1v) is 5.72. The maximum absolute atomic E-state index is 12.8. The highest BCUT2D eigenvalue weighted by Crippen LogP contribution is 2.21. The topological polar surface area (TPSA) is 17.1 Å². The van der Waals surface area contributed by atoms with Crippen LogP contribution in [0.1, 0.15) is 5.56 Å². The van der Waals surface area contributed by atoms with Crippen LogP contribution in [-0.2, 0) is 4.57 Å². The molecule has 0 unspecified atom stereocenters. The van der Waals surface area contributed by atoms with E-state index in [0.717, 1.165) is 22.0 Å². The van der Waals surface area contributed by atoms with Gasteiger partial charge in [-0.15, -0.1) is 0 Å². The number of rotatable bonds is 2. The molecule has 2 rings (SSSR count). The first kappa shape index (κ1) is 11.0. The lowest BCUT2D eigenvalue weighted by Gasteiger charge is -2.05. The zero-order chi connectivity index (χ0) is 11.5. The summed E-state index contributed by atoms with van der Waals surface area (Å²) >= 11 is 0. The van der Waals surface area contributed by atoms with E-state index >= 15 is 0 Å². The molecule has 0 aliphatic rings. The van der Waals surface area contributed by atoms with Crippen molar-refractivity contribution >= 4 is 13.8 Å². The molecule has 0 heterocycles. The van der Waals surface area contributed by atoms with Crippen molar-refractivity contribution in [3.8, 4) is 11.1 Å². The predicted molar refractivity (Wildman–Crippen MR) is 63.8 cm³/mol. The summed E-state index contributed by atoms with van der Waals surface area (Å²) in [5.74, 6) is -0.266. The van der Waals surface area contributed by atoms with Gasteiger partial charge in [0.25, 0.3) is 0 Å². The summed E-state index contributed by atoms with van der Waals surface area (Å²) in [6, 6.07) is 11.9. The van der Waals surface area contributed by atoms with E-state index in [1.54, 1.807) is 12.1 Å². The smallest absolute Gasteiger partial charge is 0.192 e. The molecule has 16 heavy (non-hydrogen) atoms. The van der Waals surface area contributed by atoms with Crippen LogP contribution in [-0.4, -0.2) is 0 Å². The Morgan fingerprint density at radius 2 is 1.75 bits per heavy atom. The molecule has 2 aromatic carbocycles. The van der Waals surface area contributed by atoms with Crippen LogP contribution >= 0.6 is 8.46 Å². The number of halogens is 1. The van der Waals surface area contributed by atoms with Crippen LogP contribution in [0.25, 0.3) is 11.1 Å². The normalized spacial score (nSPS) is 10.6. The second kappa shape index (κ2) is 4.54. The average Bonchev–Trinajstić information content (AvgIpc) is 2.30. The number of hydrogen-bond acceptors (Lipinski definition) is 1. The van der Waals surface area contributed by atoms with Gasteiger partial charge in [0, 0.05) is 0 Å². The van der Waals surface area contributed by atoms with E-state index < -0.39 is 0 Å². The van der Waals surface area contributed by atoms with Crippen molar-refractivity contribution in [1.29, 1.82) is 0 Å². The third-order valence-electron chi connectivity index (χ3n) is 2.41. The van der Waals surface area contributed by atoms with Gasteiger partial charge in [-0.05, 0) is 36.2 Å². The highest BCUT2D eigenvalue weighted by Gasteiger charge is 2.05. The largest absolute Gasteiger partial charge is 0.269 e. The molecule has 2 aromatic rings. The van der Waals surface area contributed by atoms with Crippen LogP contribution in [0.2, 0.25) is 0 Å². The van der Waals surface area contributed by atoms with Gasteiger partial charge in [0.1, 0.15) is 5.82 Å². The van der Waals surface area contributed by atoms with Gasteiger partial charge in [0.05, 0.1) is 5.30 Å². The van der Waals surface area contributed by atoms with E-state index in [4.69, 9.17) is 0 Å².